The zero-order chi connectivity index (χ0) is 29.5. The molecule has 2 heterocycles. The Hall–Kier alpha value is -5.87. The summed E-state index contributed by atoms with van der Waals surface area (Å²) < 4.78 is 11.9. The molecular weight excluding hydrogens is 524 g/mol. The summed E-state index contributed by atoms with van der Waals surface area (Å²) in [6, 6.07) is 51.3. The number of hydrogen-bond acceptors (Lipinski definition) is 3. The van der Waals surface area contributed by atoms with Crippen molar-refractivity contribution in [2.75, 3.05) is 0 Å². The molecule has 0 radical (unpaired) electrons. The molecule has 0 N–H and O–H groups in total. The van der Waals surface area contributed by atoms with Crippen molar-refractivity contribution in [2.45, 2.75) is 0 Å². The molecule has 6 aromatic carbocycles. The summed E-state index contributed by atoms with van der Waals surface area (Å²) in [5.41, 5.74) is 7.16. The lowest BCUT2D eigenvalue weighted by Gasteiger charge is -2.16. The van der Waals surface area contributed by atoms with Crippen molar-refractivity contribution < 1.29 is 1.37 Å². The second kappa shape index (κ2) is 10.5. The fraction of sp³-hybridized carbons (Fsp3) is 0. The highest BCUT2D eigenvalue weighted by Gasteiger charge is 2.20. The van der Waals surface area contributed by atoms with E-state index in [0.717, 1.165) is 55.3 Å². The van der Waals surface area contributed by atoms with E-state index >= 15 is 0 Å². The maximum Gasteiger partial charge on any atom is 0.166 e. The predicted molar refractivity (Wildman–Crippen MR) is 176 cm³/mol. The van der Waals surface area contributed by atoms with Crippen LogP contribution in [0.5, 0.6) is 0 Å². The molecule has 0 fully saturated rings. The minimum atomic E-state index is 0.406. The van der Waals surface area contributed by atoms with Crippen LogP contribution in [-0.2, 0) is 0 Å². The third kappa shape index (κ3) is 4.46. The Kier molecular flexibility index (Phi) is 5.82. The summed E-state index contributed by atoms with van der Waals surface area (Å²) >= 11 is 0. The first-order chi connectivity index (χ1) is 21.8. The van der Waals surface area contributed by atoms with E-state index in [1.54, 1.807) is 0 Å². The molecular formula is C39H26N4. The van der Waals surface area contributed by atoms with E-state index in [-0.39, 0.29) is 0 Å². The van der Waals surface area contributed by atoms with E-state index in [4.69, 9.17) is 15.0 Å². The molecule has 4 heteroatoms. The summed E-state index contributed by atoms with van der Waals surface area (Å²) in [4.78, 5) is 15.0. The fourth-order valence-corrected chi connectivity index (χ4v) is 5.72. The smallest absolute Gasteiger partial charge is 0.166 e. The highest BCUT2D eigenvalue weighted by Crippen LogP contribution is 2.38. The van der Waals surface area contributed by atoms with Gasteiger partial charge in [0, 0.05) is 27.5 Å². The molecule has 0 aliphatic heterocycles. The average Bonchev–Trinajstić information content (AvgIpc) is 3.43. The second-order valence-corrected chi connectivity index (χ2v) is 10.4. The molecule has 0 aliphatic carbocycles. The summed E-state index contributed by atoms with van der Waals surface area (Å²) in [6.07, 6.45) is 0. The van der Waals surface area contributed by atoms with Gasteiger partial charge in [0.05, 0.1) is 18.1 Å². The number of hydrogen-bond donors (Lipinski definition) is 0. The number of fused-ring (bicyclic) bond motifs is 3. The molecule has 43 heavy (non-hydrogen) atoms. The standard InChI is InChI=1S/C39H26N4/c1-4-14-27(15-5-1)30-24-25-33(36(26-30)43-34-22-12-10-20-31(34)32-21-11-13-23-35(32)43)39-41-37(28-16-6-2-7-17-28)40-38(42-39)29-18-8-3-9-19-29/h1-26H/i26D. The van der Waals surface area contributed by atoms with Gasteiger partial charge in [-0.3, -0.25) is 0 Å². The van der Waals surface area contributed by atoms with Gasteiger partial charge in [-0.1, -0.05) is 133 Å². The van der Waals surface area contributed by atoms with Crippen molar-refractivity contribution >= 4 is 21.8 Å². The van der Waals surface area contributed by atoms with Gasteiger partial charge in [-0.25, -0.2) is 15.0 Å². The Bertz CT molecular complexity index is 2170. The van der Waals surface area contributed by atoms with E-state index in [1.807, 2.05) is 109 Å². The molecule has 8 aromatic rings. The average molecular weight is 552 g/mol. The van der Waals surface area contributed by atoms with E-state index in [2.05, 4.69) is 47.0 Å². The first-order valence-electron chi connectivity index (χ1n) is 14.8. The second-order valence-electron chi connectivity index (χ2n) is 10.4. The molecule has 4 nitrogen and oxygen atoms in total. The van der Waals surface area contributed by atoms with Gasteiger partial charge in [-0.05, 0) is 35.4 Å². The number of nitrogens with zero attached hydrogens (tertiary/aromatic N) is 4. The van der Waals surface area contributed by atoms with Crippen LogP contribution in [-0.4, -0.2) is 19.5 Å². The molecule has 0 saturated carbocycles. The van der Waals surface area contributed by atoms with Crippen molar-refractivity contribution in [1.82, 2.24) is 19.5 Å². The van der Waals surface area contributed by atoms with Gasteiger partial charge in [0.15, 0.2) is 17.5 Å². The van der Waals surface area contributed by atoms with Crippen LogP contribution in [0.4, 0.5) is 0 Å². The lowest BCUT2D eigenvalue weighted by Crippen LogP contribution is -2.04. The van der Waals surface area contributed by atoms with Crippen LogP contribution in [0.1, 0.15) is 1.37 Å². The van der Waals surface area contributed by atoms with Gasteiger partial charge in [0.2, 0.25) is 0 Å². The maximum atomic E-state index is 9.74. The largest absolute Gasteiger partial charge is 0.308 e. The van der Waals surface area contributed by atoms with Gasteiger partial charge in [0.1, 0.15) is 0 Å². The fourth-order valence-electron chi connectivity index (χ4n) is 5.72. The van der Waals surface area contributed by atoms with Crippen LogP contribution >= 0.6 is 0 Å². The summed E-state index contributed by atoms with van der Waals surface area (Å²) in [5.74, 6) is 1.69. The van der Waals surface area contributed by atoms with Gasteiger partial charge < -0.3 is 4.57 Å². The molecule has 0 bridgehead atoms. The minimum Gasteiger partial charge on any atom is -0.308 e. The van der Waals surface area contributed by atoms with Crippen molar-refractivity contribution in [3.8, 4) is 51.0 Å². The van der Waals surface area contributed by atoms with Crippen LogP contribution in [0.25, 0.3) is 72.8 Å². The third-order valence-corrected chi connectivity index (χ3v) is 7.75. The topological polar surface area (TPSA) is 43.6 Å². The Morgan fingerprint density at radius 3 is 1.37 bits per heavy atom. The summed E-state index contributed by atoms with van der Waals surface area (Å²) in [5, 5.41) is 2.26. The SMILES string of the molecule is [2H]c1c(-c2ccccc2)ccc(-c2nc(-c3ccccc3)nc(-c3ccccc3)n2)c1-n1c2ccccc2c2ccccc21. The van der Waals surface area contributed by atoms with Gasteiger partial charge in [0.25, 0.3) is 0 Å². The molecule has 0 atom stereocenters. The van der Waals surface area contributed by atoms with Crippen LogP contribution < -0.4 is 0 Å². The molecule has 8 rings (SSSR count). The zero-order valence-electron chi connectivity index (χ0n) is 24.2. The van der Waals surface area contributed by atoms with E-state index in [9.17, 15) is 1.37 Å². The Morgan fingerprint density at radius 1 is 0.395 bits per heavy atom. The lowest BCUT2D eigenvalue weighted by molar-refractivity contribution is 1.06. The Balaban J connectivity index is 1.48. The maximum absolute atomic E-state index is 9.74. The highest BCUT2D eigenvalue weighted by molar-refractivity contribution is 6.09. The van der Waals surface area contributed by atoms with E-state index in [0.29, 0.717) is 23.5 Å². The van der Waals surface area contributed by atoms with Crippen LogP contribution in [0, 0.1) is 0 Å². The number of aromatic nitrogens is 4. The van der Waals surface area contributed by atoms with E-state index in [1.165, 1.54) is 0 Å². The zero-order valence-corrected chi connectivity index (χ0v) is 23.2. The highest BCUT2D eigenvalue weighted by atomic mass is 15.1. The predicted octanol–water partition coefficient (Wildman–Crippen LogP) is 9.64. The molecule has 0 saturated heterocycles. The van der Waals surface area contributed by atoms with Crippen LogP contribution in [0.2, 0.25) is 0 Å². The summed E-state index contributed by atoms with van der Waals surface area (Å²) in [7, 11) is 0. The Labute approximate surface area is 251 Å². The monoisotopic (exact) mass is 551 g/mol. The van der Waals surface area contributed by atoms with Gasteiger partial charge in [-0.2, -0.15) is 0 Å². The molecule has 0 amide bonds. The van der Waals surface area contributed by atoms with Gasteiger partial charge in [-0.15, -0.1) is 0 Å². The molecule has 0 spiro atoms. The third-order valence-electron chi connectivity index (χ3n) is 7.75. The van der Waals surface area contributed by atoms with Crippen molar-refractivity contribution in [3.05, 3.63) is 158 Å². The quantitative estimate of drug-likeness (QED) is 0.214. The van der Waals surface area contributed by atoms with E-state index < -0.39 is 0 Å². The van der Waals surface area contributed by atoms with Crippen LogP contribution in [0.15, 0.2) is 158 Å². The molecule has 2 aromatic heterocycles. The number of benzene rings is 6. The number of rotatable bonds is 5. The van der Waals surface area contributed by atoms with Gasteiger partial charge >= 0.3 is 0 Å². The minimum absolute atomic E-state index is 0.406. The molecule has 0 aliphatic rings. The first kappa shape index (κ1) is 23.8. The van der Waals surface area contributed by atoms with Crippen molar-refractivity contribution in [3.63, 3.8) is 0 Å². The first-order valence-corrected chi connectivity index (χ1v) is 14.3. The lowest BCUT2D eigenvalue weighted by atomic mass is 10.0. The molecule has 0 unspecified atom stereocenters. The van der Waals surface area contributed by atoms with Crippen molar-refractivity contribution in [2.24, 2.45) is 0 Å². The molecule has 202 valence electrons. The van der Waals surface area contributed by atoms with Crippen LogP contribution in [0.3, 0.4) is 0 Å². The summed E-state index contributed by atoms with van der Waals surface area (Å²) in [6.45, 7) is 0. The Morgan fingerprint density at radius 2 is 0.837 bits per heavy atom. The van der Waals surface area contributed by atoms with Crippen molar-refractivity contribution in [1.29, 1.82) is 0 Å². The normalized spacial score (nSPS) is 11.6. The number of para-hydroxylation sites is 2.